The molecule has 9 nitrogen and oxygen atoms in total. The summed E-state index contributed by atoms with van der Waals surface area (Å²) in [6.45, 7) is 0.702. The molecule has 10 heteroatoms. The Morgan fingerprint density at radius 3 is 2.32 bits per heavy atom. The van der Waals surface area contributed by atoms with E-state index in [1.165, 1.54) is 11.8 Å². The molecule has 1 atom stereocenters. The molecule has 2 aromatic rings. The van der Waals surface area contributed by atoms with Gasteiger partial charge in [0.2, 0.25) is 5.91 Å². The second-order valence-corrected chi connectivity index (χ2v) is 8.20. The summed E-state index contributed by atoms with van der Waals surface area (Å²) >= 11 is 1.37. The van der Waals surface area contributed by atoms with Crippen LogP contribution in [0.5, 0.6) is 11.5 Å². The zero-order valence-electron chi connectivity index (χ0n) is 19.3. The first-order valence-corrected chi connectivity index (χ1v) is 12.2. The number of carbonyl (C=O) groups excluding carboxylic acids is 2. The molecule has 0 aliphatic heterocycles. The fraction of sp³-hybridized carbons (Fsp3) is 0.375. The number of benzene rings is 2. The number of methoxy groups -OCH3 is 1. The number of rotatable bonds is 15. The van der Waals surface area contributed by atoms with Crippen molar-refractivity contribution in [2.45, 2.75) is 25.4 Å². The molecule has 2 aromatic carbocycles. The number of carbonyl (C=O) groups is 3. The lowest BCUT2D eigenvalue weighted by atomic mass is 10.1. The van der Waals surface area contributed by atoms with E-state index >= 15 is 0 Å². The van der Waals surface area contributed by atoms with Gasteiger partial charge in [0.25, 0.3) is 5.91 Å². The minimum atomic E-state index is -0.946. The molecule has 1 unspecified atom stereocenters. The number of amides is 2. The summed E-state index contributed by atoms with van der Waals surface area (Å²) in [7, 11) is 1.61. The predicted molar refractivity (Wildman–Crippen MR) is 132 cm³/mol. The number of thioether (sulfide) groups is 1. The highest BCUT2D eigenvalue weighted by Gasteiger charge is 2.20. The molecule has 184 valence electrons. The SMILES string of the molecule is COc1ccc(CCNC(=O)C(NC(=O)CSC)Nc2ccc(OCCCC(=O)O)cc2)cc1. The van der Waals surface area contributed by atoms with Crippen molar-refractivity contribution in [3.63, 3.8) is 0 Å². The molecule has 0 aliphatic rings. The number of hydrogen-bond acceptors (Lipinski definition) is 7. The Balaban J connectivity index is 1.91. The van der Waals surface area contributed by atoms with Crippen LogP contribution in [0.4, 0.5) is 5.69 Å². The van der Waals surface area contributed by atoms with Gasteiger partial charge in [-0.3, -0.25) is 14.4 Å². The van der Waals surface area contributed by atoms with E-state index in [0.29, 0.717) is 37.4 Å². The maximum atomic E-state index is 12.8. The topological polar surface area (TPSA) is 126 Å². The van der Waals surface area contributed by atoms with Crippen molar-refractivity contribution < 1.29 is 29.0 Å². The number of nitrogens with one attached hydrogen (secondary N) is 3. The summed E-state index contributed by atoms with van der Waals surface area (Å²) in [5, 5.41) is 17.3. The van der Waals surface area contributed by atoms with Crippen molar-refractivity contribution in [3.05, 3.63) is 54.1 Å². The van der Waals surface area contributed by atoms with Crippen LogP contribution in [0.1, 0.15) is 18.4 Å². The van der Waals surface area contributed by atoms with E-state index in [-0.39, 0.29) is 24.0 Å². The third kappa shape index (κ3) is 10.0. The van der Waals surface area contributed by atoms with Crippen LogP contribution >= 0.6 is 11.8 Å². The van der Waals surface area contributed by atoms with E-state index in [2.05, 4.69) is 16.0 Å². The first kappa shape index (κ1) is 26.8. The Bertz CT molecular complexity index is 921. The minimum Gasteiger partial charge on any atom is -0.497 e. The molecule has 2 rings (SSSR count). The summed E-state index contributed by atoms with van der Waals surface area (Å²) in [6, 6.07) is 14.5. The lowest BCUT2D eigenvalue weighted by Crippen LogP contribution is -2.52. The van der Waals surface area contributed by atoms with Gasteiger partial charge in [-0.25, -0.2) is 0 Å². The fourth-order valence-electron chi connectivity index (χ4n) is 2.95. The lowest BCUT2D eigenvalue weighted by molar-refractivity contribution is -0.137. The molecule has 0 radical (unpaired) electrons. The van der Waals surface area contributed by atoms with Gasteiger partial charge in [0.15, 0.2) is 6.17 Å². The number of anilines is 1. The van der Waals surface area contributed by atoms with Gasteiger partial charge in [0, 0.05) is 18.7 Å². The van der Waals surface area contributed by atoms with Crippen LogP contribution in [0, 0.1) is 0 Å². The molecule has 0 bridgehead atoms. The first-order chi connectivity index (χ1) is 16.4. The molecule has 0 saturated heterocycles. The van der Waals surface area contributed by atoms with Crippen LogP contribution in [0.15, 0.2) is 48.5 Å². The van der Waals surface area contributed by atoms with Crippen LogP contribution in [0.2, 0.25) is 0 Å². The number of ether oxygens (including phenoxy) is 2. The van der Waals surface area contributed by atoms with Gasteiger partial charge in [0.1, 0.15) is 11.5 Å². The van der Waals surface area contributed by atoms with E-state index in [1.807, 2.05) is 30.5 Å². The van der Waals surface area contributed by atoms with Crippen molar-refractivity contribution in [2.24, 2.45) is 0 Å². The van der Waals surface area contributed by atoms with Gasteiger partial charge in [-0.1, -0.05) is 12.1 Å². The highest BCUT2D eigenvalue weighted by molar-refractivity contribution is 7.99. The summed E-state index contributed by atoms with van der Waals surface area (Å²) in [5.41, 5.74) is 1.67. The van der Waals surface area contributed by atoms with Gasteiger partial charge < -0.3 is 30.5 Å². The summed E-state index contributed by atoms with van der Waals surface area (Å²) < 4.78 is 10.7. The molecule has 34 heavy (non-hydrogen) atoms. The molecule has 0 saturated carbocycles. The lowest BCUT2D eigenvalue weighted by Gasteiger charge is -2.21. The second-order valence-electron chi connectivity index (χ2n) is 7.34. The van der Waals surface area contributed by atoms with Crippen LogP contribution in [-0.2, 0) is 20.8 Å². The maximum absolute atomic E-state index is 12.8. The number of carboxylic acid groups (broad SMARTS) is 1. The summed E-state index contributed by atoms with van der Waals surface area (Å²) in [4.78, 5) is 35.5. The largest absolute Gasteiger partial charge is 0.497 e. The summed E-state index contributed by atoms with van der Waals surface area (Å²) in [6.07, 6.45) is 1.96. The Hall–Kier alpha value is -3.40. The molecular formula is C24H31N3O6S. The number of aliphatic carboxylic acids is 1. The van der Waals surface area contributed by atoms with Crippen LogP contribution in [0.25, 0.3) is 0 Å². The first-order valence-electron chi connectivity index (χ1n) is 10.8. The smallest absolute Gasteiger partial charge is 0.303 e. The zero-order valence-corrected chi connectivity index (χ0v) is 20.2. The molecular weight excluding hydrogens is 458 g/mol. The standard InChI is InChI=1S/C24H31N3O6S/c1-32-19-9-5-17(6-10-19)13-14-25-24(31)23(27-21(28)16-34-2)26-18-7-11-20(12-8-18)33-15-3-4-22(29)30/h5-12,23,26H,3-4,13-16H2,1-2H3,(H,25,31)(H,27,28)(H,29,30). The Kier molecular flexibility index (Phi) is 11.6. The molecule has 0 fully saturated rings. The van der Waals surface area contributed by atoms with E-state index in [0.717, 1.165) is 11.3 Å². The Morgan fingerprint density at radius 1 is 1.03 bits per heavy atom. The van der Waals surface area contributed by atoms with Crippen molar-refractivity contribution in [3.8, 4) is 11.5 Å². The number of hydrogen-bond donors (Lipinski definition) is 4. The van der Waals surface area contributed by atoms with Crippen molar-refractivity contribution in [1.82, 2.24) is 10.6 Å². The monoisotopic (exact) mass is 489 g/mol. The molecule has 2 amide bonds. The highest BCUT2D eigenvalue weighted by Crippen LogP contribution is 2.17. The average molecular weight is 490 g/mol. The van der Waals surface area contributed by atoms with E-state index in [4.69, 9.17) is 14.6 Å². The Morgan fingerprint density at radius 2 is 1.71 bits per heavy atom. The van der Waals surface area contributed by atoms with Crippen LogP contribution < -0.4 is 25.4 Å². The van der Waals surface area contributed by atoms with Gasteiger partial charge in [0.05, 0.1) is 19.5 Å². The minimum absolute atomic E-state index is 0.0463. The van der Waals surface area contributed by atoms with Gasteiger partial charge in [-0.2, -0.15) is 11.8 Å². The molecule has 4 N–H and O–H groups in total. The van der Waals surface area contributed by atoms with Crippen molar-refractivity contribution in [1.29, 1.82) is 0 Å². The second kappa shape index (κ2) is 14.7. The van der Waals surface area contributed by atoms with Crippen molar-refractivity contribution >= 4 is 35.2 Å². The Labute approximate surface area is 203 Å². The zero-order chi connectivity index (χ0) is 24.8. The highest BCUT2D eigenvalue weighted by atomic mass is 32.2. The maximum Gasteiger partial charge on any atom is 0.303 e. The van der Waals surface area contributed by atoms with Gasteiger partial charge >= 0.3 is 5.97 Å². The van der Waals surface area contributed by atoms with Crippen LogP contribution in [-0.4, -0.2) is 61.3 Å². The normalized spacial score (nSPS) is 11.2. The van der Waals surface area contributed by atoms with E-state index in [1.54, 1.807) is 31.4 Å². The average Bonchev–Trinajstić information content (AvgIpc) is 2.83. The van der Waals surface area contributed by atoms with Gasteiger partial charge in [-0.05, 0) is 61.1 Å². The van der Waals surface area contributed by atoms with Crippen molar-refractivity contribution in [2.75, 3.05) is 37.6 Å². The fourth-order valence-corrected chi connectivity index (χ4v) is 3.30. The van der Waals surface area contributed by atoms with E-state index in [9.17, 15) is 14.4 Å². The quantitative estimate of drug-likeness (QED) is 0.222. The molecule has 0 aliphatic carbocycles. The van der Waals surface area contributed by atoms with Crippen LogP contribution in [0.3, 0.4) is 0 Å². The predicted octanol–water partition coefficient (Wildman–Crippen LogP) is 2.51. The van der Waals surface area contributed by atoms with E-state index < -0.39 is 12.1 Å². The third-order valence-corrected chi connectivity index (χ3v) is 5.23. The molecule has 0 heterocycles. The molecule has 0 spiro atoms. The van der Waals surface area contributed by atoms with Gasteiger partial charge in [-0.15, -0.1) is 0 Å². The summed E-state index contributed by atoms with van der Waals surface area (Å²) in [5.74, 6) is 0.124. The number of carboxylic acids is 1. The third-order valence-electron chi connectivity index (χ3n) is 4.68. The molecule has 0 aromatic heterocycles.